The van der Waals surface area contributed by atoms with Crippen LogP contribution < -0.4 is 5.32 Å². The topological polar surface area (TPSA) is 50.2 Å². The predicted molar refractivity (Wildman–Crippen MR) is 88.2 cm³/mol. The van der Waals surface area contributed by atoms with Gasteiger partial charge in [0.2, 0.25) is 0 Å². The molecule has 1 saturated carbocycles. The molecule has 0 radical (unpaired) electrons. The van der Waals surface area contributed by atoms with Crippen LogP contribution in [0.3, 0.4) is 0 Å². The number of nitrogens with zero attached hydrogens (tertiary/aromatic N) is 3. The van der Waals surface area contributed by atoms with Crippen LogP contribution in [0.1, 0.15) is 41.4 Å². The monoisotopic (exact) mass is 300 g/mol. The Bertz CT molecular complexity index is 685. The lowest BCUT2D eigenvalue weighted by atomic mass is 10.2. The number of fused-ring (bicyclic) bond motifs is 1. The summed E-state index contributed by atoms with van der Waals surface area (Å²) in [6.07, 6.45) is 3.42. The minimum absolute atomic E-state index is 0.0146. The molecule has 1 aliphatic rings. The van der Waals surface area contributed by atoms with E-state index in [0.29, 0.717) is 18.0 Å². The SMILES string of the molecule is CN(C)CCCNC(=O)c1ccc2c(c1)nc(C1CC1)n2C. The van der Waals surface area contributed by atoms with Gasteiger partial charge in [-0.25, -0.2) is 4.98 Å². The second-order valence-electron chi connectivity index (χ2n) is 6.42. The molecule has 5 heteroatoms. The number of rotatable bonds is 6. The minimum atomic E-state index is -0.0146. The van der Waals surface area contributed by atoms with E-state index in [-0.39, 0.29) is 5.91 Å². The minimum Gasteiger partial charge on any atom is -0.352 e. The first-order valence-electron chi connectivity index (χ1n) is 7.95. The highest BCUT2D eigenvalue weighted by Gasteiger charge is 2.28. The standard InChI is InChI=1S/C17H24N4O/c1-20(2)10-4-9-18-17(22)13-7-8-15-14(11-13)19-16(21(15)3)12-5-6-12/h7-8,11-12H,4-6,9-10H2,1-3H3,(H,18,22). The summed E-state index contributed by atoms with van der Waals surface area (Å²) >= 11 is 0. The molecule has 0 aliphatic heterocycles. The summed E-state index contributed by atoms with van der Waals surface area (Å²) < 4.78 is 2.16. The third-order valence-electron chi connectivity index (χ3n) is 4.19. The van der Waals surface area contributed by atoms with Gasteiger partial charge < -0.3 is 14.8 Å². The zero-order chi connectivity index (χ0) is 15.7. The maximum absolute atomic E-state index is 12.2. The molecule has 2 aromatic rings. The van der Waals surface area contributed by atoms with E-state index < -0.39 is 0 Å². The Labute approximate surface area is 131 Å². The second kappa shape index (κ2) is 6.08. The average Bonchev–Trinajstić information content (AvgIpc) is 3.28. The lowest BCUT2D eigenvalue weighted by molar-refractivity contribution is 0.0952. The van der Waals surface area contributed by atoms with Crippen molar-refractivity contribution in [2.45, 2.75) is 25.2 Å². The van der Waals surface area contributed by atoms with E-state index in [4.69, 9.17) is 4.98 Å². The van der Waals surface area contributed by atoms with Crippen LogP contribution >= 0.6 is 0 Å². The van der Waals surface area contributed by atoms with Gasteiger partial charge in [-0.3, -0.25) is 4.79 Å². The number of benzene rings is 1. The molecule has 0 unspecified atom stereocenters. The molecule has 1 aromatic carbocycles. The summed E-state index contributed by atoms with van der Waals surface area (Å²) in [5, 5.41) is 2.98. The van der Waals surface area contributed by atoms with Crippen LogP contribution in [0.4, 0.5) is 0 Å². The highest BCUT2D eigenvalue weighted by molar-refractivity contribution is 5.97. The van der Waals surface area contributed by atoms with E-state index in [9.17, 15) is 4.79 Å². The van der Waals surface area contributed by atoms with Crippen LogP contribution in [0.25, 0.3) is 11.0 Å². The number of aryl methyl sites for hydroxylation is 1. The second-order valence-corrected chi connectivity index (χ2v) is 6.42. The van der Waals surface area contributed by atoms with Gasteiger partial charge in [-0.15, -0.1) is 0 Å². The Hall–Kier alpha value is -1.88. The molecular weight excluding hydrogens is 276 g/mol. The molecule has 1 aliphatic carbocycles. The van der Waals surface area contributed by atoms with Crippen LogP contribution in [0.15, 0.2) is 18.2 Å². The Kier molecular flexibility index (Phi) is 4.16. The summed E-state index contributed by atoms with van der Waals surface area (Å²) in [4.78, 5) is 19.0. The summed E-state index contributed by atoms with van der Waals surface area (Å²) in [6, 6.07) is 5.80. The van der Waals surface area contributed by atoms with Gasteiger partial charge in [-0.05, 0) is 58.1 Å². The van der Waals surface area contributed by atoms with E-state index in [0.717, 1.165) is 29.8 Å². The molecule has 3 rings (SSSR count). The van der Waals surface area contributed by atoms with Gasteiger partial charge in [0.1, 0.15) is 5.82 Å². The van der Waals surface area contributed by atoms with Crippen molar-refractivity contribution in [3.05, 3.63) is 29.6 Å². The van der Waals surface area contributed by atoms with E-state index in [1.165, 1.54) is 12.8 Å². The van der Waals surface area contributed by atoms with E-state index in [2.05, 4.69) is 21.8 Å². The zero-order valence-corrected chi connectivity index (χ0v) is 13.6. The highest BCUT2D eigenvalue weighted by Crippen LogP contribution is 2.40. The van der Waals surface area contributed by atoms with Crippen molar-refractivity contribution in [1.82, 2.24) is 19.8 Å². The van der Waals surface area contributed by atoms with Gasteiger partial charge in [0.25, 0.3) is 5.91 Å². The lowest BCUT2D eigenvalue weighted by Gasteiger charge is -2.09. The number of imidazole rings is 1. The van der Waals surface area contributed by atoms with Crippen LogP contribution in [-0.4, -0.2) is 47.5 Å². The average molecular weight is 300 g/mol. The third-order valence-corrected chi connectivity index (χ3v) is 4.19. The van der Waals surface area contributed by atoms with Crippen LogP contribution in [0, 0.1) is 0 Å². The van der Waals surface area contributed by atoms with Crippen molar-refractivity contribution in [1.29, 1.82) is 0 Å². The number of carbonyl (C=O) groups excluding carboxylic acids is 1. The molecule has 22 heavy (non-hydrogen) atoms. The molecule has 1 fully saturated rings. The van der Waals surface area contributed by atoms with Gasteiger partial charge in [0.15, 0.2) is 0 Å². The van der Waals surface area contributed by atoms with Crippen molar-refractivity contribution in [2.24, 2.45) is 7.05 Å². The maximum Gasteiger partial charge on any atom is 0.251 e. The molecule has 0 spiro atoms. The van der Waals surface area contributed by atoms with Crippen LogP contribution in [0.5, 0.6) is 0 Å². The van der Waals surface area contributed by atoms with Gasteiger partial charge in [-0.1, -0.05) is 0 Å². The van der Waals surface area contributed by atoms with Crippen LogP contribution in [-0.2, 0) is 7.05 Å². The maximum atomic E-state index is 12.2. The molecule has 118 valence electrons. The summed E-state index contributed by atoms with van der Waals surface area (Å²) in [7, 11) is 6.13. The molecule has 1 aromatic heterocycles. The zero-order valence-electron chi connectivity index (χ0n) is 13.6. The summed E-state index contributed by atoms with van der Waals surface area (Å²) in [5.41, 5.74) is 2.72. The first-order valence-corrected chi connectivity index (χ1v) is 7.95. The summed E-state index contributed by atoms with van der Waals surface area (Å²) in [5.74, 6) is 1.75. The van der Waals surface area contributed by atoms with Crippen molar-refractivity contribution in [3.63, 3.8) is 0 Å². The van der Waals surface area contributed by atoms with Crippen LogP contribution in [0.2, 0.25) is 0 Å². The molecular formula is C17H24N4O. The molecule has 1 heterocycles. The largest absolute Gasteiger partial charge is 0.352 e. The normalized spacial score (nSPS) is 14.7. The fraction of sp³-hybridized carbons (Fsp3) is 0.529. The third kappa shape index (κ3) is 3.14. The fourth-order valence-electron chi connectivity index (χ4n) is 2.77. The number of nitrogens with one attached hydrogen (secondary N) is 1. The smallest absolute Gasteiger partial charge is 0.251 e. The van der Waals surface area contributed by atoms with Gasteiger partial charge in [-0.2, -0.15) is 0 Å². The Morgan fingerprint density at radius 1 is 1.41 bits per heavy atom. The number of aromatic nitrogens is 2. The lowest BCUT2D eigenvalue weighted by Crippen LogP contribution is -2.27. The Morgan fingerprint density at radius 3 is 2.86 bits per heavy atom. The fourth-order valence-corrected chi connectivity index (χ4v) is 2.77. The molecule has 5 nitrogen and oxygen atoms in total. The molecule has 1 N–H and O–H groups in total. The number of hydrogen-bond acceptors (Lipinski definition) is 3. The Balaban J connectivity index is 1.70. The highest BCUT2D eigenvalue weighted by atomic mass is 16.1. The summed E-state index contributed by atoms with van der Waals surface area (Å²) in [6.45, 7) is 1.68. The molecule has 0 saturated heterocycles. The Morgan fingerprint density at radius 2 is 2.18 bits per heavy atom. The predicted octanol–water partition coefficient (Wildman–Crippen LogP) is 2.13. The van der Waals surface area contributed by atoms with Gasteiger partial charge in [0.05, 0.1) is 11.0 Å². The number of hydrogen-bond donors (Lipinski definition) is 1. The molecule has 0 atom stereocenters. The quantitative estimate of drug-likeness (QED) is 0.832. The van der Waals surface area contributed by atoms with E-state index >= 15 is 0 Å². The molecule has 1 amide bonds. The number of carbonyl (C=O) groups is 1. The van der Waals surface area contributed by atoms with Crippen molar-refractivity contribution in [2.75, 3.05) is 27.2 Å². The first-order chi connectivity index (χ1) is 10.6. The molecule has 0 bridgehead atoms. The van der Waals surface area contributed by atoms with E-state index in [1.54, 1.807) is 0 Å². The number of amides is 1. The van der Waals surface area contributed by atoms with Crippen molar-refractivity contribution in [3.8, 4) is 0 Å². The van der Waals surface area contributed by atoms with E-state index in [1.807, 2.05) is 32.3 Å². The van der Waals surface area contributed by atoms with Gasteiger partial charge in [0, 0.05) is 25.1 Å². The first kappa shape index (κ1) is 15.0. The van der Waals surface area contributed by atoms with Crippen molar-refractivity contribution >= 4 is 16.9 Å². The van der Waals surface area contributed by atoms with Crippen molar-refractivity contribution < 1.29 is 4.79 Å². The van der Waals surface area contributed by atoms with Gasteiger partial charge >= 0.3 is 0 Å².